The fraction of sp³-hybridized carbons (Fsp3) is 0.412. The first-order valence-corrected chi connectivity index (χ1v) is 9.51. The van der Waals surface area contributed by atoms with Gasteiger partial charge in [0.25, 0.3) is 11.2 Å². The lowest BCUT2D eigenvalue weighted by Crippen LogP contribution is -2.19. The van der Waals surface area contributed by atoms with Crippen molar-refractivity contribution in [1.82, 2.24) is 9.78 Å². The Morgan fingerprint density at radius 3 is 2.73 bits per heavy atom. The second-order valence-electron chi connectivity index (χ2n) is 6.13. The first-order chi connectivity index (χ1) is 12.5. The number of carbonyl (C=O) groups excluding carboxylic acids is 1. The standard InChI is InChI=1S/C17H20N4O4S/c1-3-11(4-2)20-16-14(17(23)19-20)15(26-9-13(22)18-16)10-6-5-7-12(8-10)21(24)25/h5-8,11,15H,3-4,9H2,1-2H3,(H,18,22)(H,19,23)/t15-/m0/s1. The van der Waals surface area contributed by atoms with Crippen LogP contribution in [0.5, 0.6) is 0 Å². The summed E-state index contributed by atoms with van der Waals surface area (Å²) in [6, 6.07) is 6.28. The van der Waals surface area contributed by atoms with E-state index in [2.05, 4.69) is 10.4 Å². The van der Waals surface area contributed by atoms with Crippen LogP contribution in [-0.2, 0) is 4.79 Å². The lowest BCUT2D eigenvalue weighted by Gasteiger charge is -2.18. The predicted molar refractivity (Wildman–Crippen MR) is 101 cm³/mol. The quantitative estimate of drug-likeness (QED) is 0.615. The van der Waals surface area contributed by atoms with Gasteiger partial charge in [0.2, 0.25) is 5.91 Å². The van der Waals surface area contributed by atoms with Crippen molar-refractivity contribution in [1.29, 1.82) is 0 Å². The number of hydrogen-bond donors (Lipinski definition) is 2. The lowest BCUT2D eigenvalue weighted by molar-refractivity contribution is -0.384. The van der Waals surface area contributed by atoms with Crippen molar-refractivity contribution in [2.24, 2.45) is 0 Å². The number of aromatic nitrogens is 2. The van der Waals surface area contributed by atoms with Gasteiger partial charge in [0, 0.05) is 12.1 Å². The highest BCUT2D eigenvalue weighted by Crippen LogP contribution is 2.41. The van der Waals surface area contributed by atoms with Gasteiger partial charge in [-0.25, -0.2) is 0 Å². The Kier molecular flexibility index (Phi) is 5.17. The normalized spacial score (nSPS) is 16.9. The molecule has 0 fully saturated rings. The number of non-ortho nitro benzene ring substituents is 1. The number of fused-ring (bicyclic) bond motifs is 1. The molecule has 1 amide bonds. The first kappa shape index (κ1) is 18.2. The highest BCUT2D eigenvalue weighted by atomic mass is 32.2. The summed E-state index contributed by atoms with van der Waals surface area (Å²) >= 11 is 1.29. The highest BCUT2D eigenvalue weighted by Gasteiger charge is 2.32. The van der Waals surface area contributed by atoms with Crippen LogP contribution in [0.4, 0.5) is 11.5 Å². The number of carbonyl (C=O) groups is 1. The van der Waals surface area contributed by atoms with Crippen molar-refractivity contribution in [3.05, 3.63) is 55.9 Å². The zero-order chi connectivity index (χ0) is 18.8. The Morgan fingerprint density at radius 2 is 2.08 bits per heavy atom. The Balaban J connectivity index is 2.16. The van der Waals surface area contributed by atoms with Gasteiger partial charge in [0.1, 0.15) is 5.82 Å². The molecule has 3 rings (SSSR count). The molecule has 8 nitrogen and oxygen atoms in total. The number of aromatic amines is 1. The summed E-state index contributed by atoms with van der Waals surface area (Å²) in [6.45, 7) is 4.04. The van der Waals surface area contributed by atoms with E-state index in [4.69, 9.17) is 0 Å². The molecule has 1 aliphatic heterocycles. The van der Waals surface area contributed by atoms with Gasteiger partial charge in [-0.3, -0.25) is 29.5 Å². The maximum Gasteiger partial charge on any atom is 0.270 e. The fourth-order valence-electron chi connectivity index (χ4n) is 3.24. The third kappa shape index (κ3) is 3.26. The molecule has 0 unspecified atom stereocenters. The Hall–Kier alpha value is -2.55. The number of anilines is 1. The minimum atomic E-state index is -0.464. The topological polar surface area (TPSA) is 110 Å². The molecule has 2 N–H and O–H groups in total. The third-order valence-electron chi connectivity index (χ3n) is 4.56. The number of H-pyrrole nitrogens is 1. The fourth-order valence-corrected chi connectivity index (χ4v) is 4.35. The zero-order valence-electron chi connectivity index (χ0n) is 14.5. The molecule has 138 valence electrons. The number of benzene rings is 1. The van der Waals surface area contributed by atoms with Gasteiger partial charge in [-0.15, -0.1) is 11.8 Å². The van der Waals surface area contributed by atoms with Crippen LogP contribution in [0.15, 0.2) is 29.1 Å². The number of thioether (sulfide) groups is 1. The minimum absolute atomic E-state index is 0.0379. The number of rotatable bonds is 5. The Bertz CT molecular complexity index is 900. The number of nitro benzene ring substituents is 1. The second-order valence-corrected chi connectivity index (χ2v) is 7.23. The Labute approximate surface area is 154 Å². The van der Waals surface area contributed by atoms with E-state index in [1.165, 1.54) is 23.9 Å². The average molecular weight is 376 g/mol. The number of nitrogens with one attached hydrogen (secondary N) is 2. The monoisotopic (exact) mass is 376 g/mol. The molecule has 26 heavy (non-hydrogen) atoms. The molecule has 0 bridgehead atoms. The summed E-state index contributed by atoms with van der Waals surface area (Å²) in [5.74, 6) is 0.447. The molecular weight excluding hydrogens is 356 g/mol. The maximum atomic E-state index is 12.7. The van der Waals surface area contributed by atoms with Crippen molar-refractivity contribution < 1.29 is 9.72 Å². The smallest absolute Gasteiger partial charge is 0.270 e. The highest BCUT2D eigenvalue weighted by molar-refractivity contribution is 8.00. The van der Waals surface area contributed by atoms with E-state index in [9.17, 15) is 19.7 Å². The van der Waals surface area contributed by atoms with Crippen LogP contribution in [0.3, 0.4) is 0 Å². The summed E-state index contributed by atoms with van der Waals surface area (Å²) in [5.41, 5.74) is 0.755. The molecule has 2 aromatic rings. The van der Waals surface area contributed by atoms with E-state index < -0.39 is 10.2 Å². The first-order valence-electron chi connectivity index (χ1n) is 8.46. The molecular formula is C17H20N4O4S. The maximum absolute atomic E-state index is 12.7. The molecule has 2 heterocycles. The van der Waals surface area contributed by atoms with Crippen molar-refractivity contribution >= 4 is 29.2 Å². The van der Waals surface area contributed by atoms with E-state index in [1.807, 2.05) is 13.8 Å². The van der Waals surface area contributed by atoms with E-state index in [0.717, 1.165) is 12.8 Å². The molecule has 1 aromatic carbocycles. The summed E-state index contributed by atoms with van der Waals surface area (Å²) in [6.07, 6.45) is 1.61. The van der Waals surface area contributed by atoms with Crippen LogP contribution in [0.25, 0.3) is 0 Å². The lowest BCUT2D eigenvalue weighted by atomic mass is 10.1. The number of nitro groups is 1. The SMILES string of the molecule is CCC(CC)n1[nH]c(=O)c2c1NC(=O)CS[C@H]2c1cccc([N+](=O)[O-])c1. The molecule has 0 radical (unpaired) electrons. The second kappa shape index (κ2) is 7.36. The number of nitrogens with zero attached hydrogens (tertiary/aromatic N) is 2. The summed E-state index contributed by atoms with van der Waals surface area (Å²) in [5, 5.41) is 16.3. The van der Waals surface area contributed by atoms with Gasteiger partial charge in [-0.2, -0.15) is 0 Å². The van der Waals surface area contributed by atoms with Gasteiger partial charge in [0.15, 0.2) is 0 Å². The van der Waals surface area contributed by atoms with Gasteiger partial charge in [-0.05, 0) is 18.4 Å². The number of hydrogen-bond acceptors (Lipinski definition) is 5. The molecule has 0 saturated carbocycles. The van der Waals surface area contributed by atoms with Gasteiger partial charge in [0.05, 0.1) is 27.5 Å². The van der Waals surface area contributed by atoms with Gasteiger partial charge >= 0.3 is 0 Å². The molecule has 1 aliphatic rings. The predicted octanol–water partition coefficient (Wildman–Crippen LogP) is 3.22. The number of amides is 1. The largest absolute Gasteiger partial charge is 0.310 e. The molecule has 0 aliphatic carbocycles. The van der Waals surface area contributed by atoms with Crippen molar-refractivity contribution in [2.75, 3.05) is 11.1 Å². The van der Waals surface area contributed by atoms with E-state index in [-0.39, 0.29) is 28.9 Å². The summed E-state index contributed by atoms with van der Waals surface area (Å²) < 4.78 is 1.73. The van der Waals surface area contributed by atoms with Crippen molar-refractivity contribution in [3.8, 4) is 0 Å². The van der Waals surface area contributed by atoms with Crippen molar-refractivity contribution in [2.45, 2.75) is 38.0 Å². The molecule has 9 heteroatoms. The van der Waals surface area contributed by atoms with Gasteiger partial charge in [-0.1, -0.05) is 26.0 Å². The summed E-state index contributed by atoms with van der Waals surface area (Å²) in [7, 11) is 0. The Morgan fingerprint density at radius 1 is 1.35 bits per heavy atom. The molecule has 0 spiro atoms. The summed E-state index contributed by atoms with van der Waals surface area (Å²) in [4.78, 5) is 35.5. The molecule has 0 saturated heterocycles. The van der Waals surface area contributed by atoms with Crippen LogP contribution in [0.1, 0.15) is 49.1 Å². The third-order valence-corrected chi connectivity index (χ3v) is 5.83. The molecule has 1 aromatic heterocycles. The van der Waals surface area contributed by atoms with Gasteiger partial charge < -0.3 is 5.32 Å². The van der Waals surface area contributed by atoms with Crippen LogP contribution in [0, 0.1) is 10.1 Å². The molecule has 1 atom stereocenters. The van der Waals surface area contributed by atoms with E-state index >= 15 is 0 Å². The minimum Gasteiger partial charge on any atom is -0.310 e. The van der Waals surface area contributed by atoms with Crippen LogP contribution in [-0.4, -0.2) is 26.4 Å². The average Bonchev–Trinajstić information content (AvgIpc) is 2.82. The van der Waals surface area contributed by atoms with Crippen LogP contribution in [0.2, 0.25) is 0 Å². The van der Waals surface area contributed by atoms with Crippen LogP contribution >= 0.6 is 11.8 Å². The van der Waals surface area contributed by atoms with Crippen molar-refractivity contribution in [3.63, 3.8) is 0 Å². The van der Waals surface area contributed by atoms with E-state index in [0.29, 0.717) is 16.9 Å². The zero-order valence-corrected chi connectivity index (χ0v) is 15.3. The van der Waals surface area contributed by atoms with Crippen LogP contribution < -0.4 is 10.9 Å². The van der Waals surface area contributed by atoms with E-state index in [1.54, 1.807) is 16.8 Å².